The molecule has 23 heavy (non-hydrogen) atoms. The average Bonchev–Trinajstić information content (AvgIpc) is 3.09. The molecule has 0 bridgehead atoms. The molecule has 0 radical (unpaired) electrons. The predicted octanol–water partition coefficient (Wildman–Crippen LogP) is 1.80. The van der Waals surface area contributed by atoms with Crippen molar-refractivity contribution in [1.29, 1.82) is 0 Å². The van der Waals surface area contributed by atoms with Crippen LogP contribution in [0.2, 0.25) is 0 Å². The molecule has 0 aliphatic carbocycles. The van der Waals surface area contributed by atoms with E-state index in [2.05, 4.69) is 30.6 Å². The molecule has 0 saturated heterocycles. The summed E-state index contributed by atoms with van der Waals surface area (Å²) < 4.78 is 1.68. The zero-order valence-corrected chi connectivity index (χ0v) is 14.7. The number of fused-ring (bicyclic) bond motifs is 1. The molecule has 0 fully saturated rings. The van der Waals surface area contributed by atoms with Crippen LogP contribution in [0.15, 0.2) is 5.16 Å². The maximum atomic E-state index is 12.2. The molecular weight excluding hydrogens is 334 g/mol. The third kappa shape index (κ3) is 3.17. The third-order valence-corrected chi connectivity index (χ3v) is 4.61. The summed E-state index contributed by atoms with van der Waals surface area (Å²) in [4.78, 5) is 21.0. The van der Waals surface area contributed by atoms with Crippen molar-refractivity contribution in [3.05, 3.63) is 22.0 Å². The fourth-order valence-corrected chi connectivity index (χ4v) is 3.15. The molecule has 3 aromatic rings. The van der Waals surface area contributed by atoms with E-state index in [-0.39, 0.29) is 12.3 Å². The topological polar surface area (TPSA) is 98.0 Å². The van der Waals surface area contributed by atoms with Gasteiger partial charge in [0.1, 0.15) is 5.01 Å². The number of carbonyl (C=O) groups excluding carboxylic acids is 1. The van der Waals surface area contributed by atoms with E-state index in [9.17, 15) is 4.79 Å². The number of anilines is 1. The number of carbonyl (C=O) groups is 1. The SMILES string of the molecule is CSc1nc2nc(C)c(CC(=O)Nc3nnc(C)s3)c(C)n2n1. The van der Waals surface area contributed by atoms with E-state index in [1.807, 2.05) is 27.0 Å². The van der Waals surface area contributed by atoms with E-state index in [1.54, 1.807) is 4.52 Å². The second-order valence-electron chi connectivity index (χ2n) is 4.92. The van der Waals surface area contributed by atoms with Crippen LogP contribution in [0.4, 0.5) is 5.13 Å². The first kappa shape index (κ1) is 15.8. The minimum Gasteiger partial charge on any atom is -0.300 e. The van der Waals surface area contributed by atoms with Crippen LogP contribution in [0.1, 0.15) is 22.0 Å². The van der Waals surface area contributed by atoms with Crippen molar-refractivity contribution in [1.82, 2.24) is 29.8 Å². The number of nitrogens with one attached hydrogen (secondary N) is 1. The van der Waals surface area contributed by atoms with Gasteiger partial charge >= 0.3 is 0 Å². The number of nitrogens with zero attached hydrogens (tertiary/aromatic N) is 6. The smallest absolute Gasteiger partial charge is 0.253 e. The minimum atomic E-state index is -0.154. The number of rotatable bonds is 4. The summed E-state index contributed by atoms with van der Waals surface area (Å²) in [7, 11) is 0. The zero-order chi connectivity index (χ0) is 16.6. The van der Waals surface area contributed by atoms with Crippen molar-refractivity contribution in [2.75, 3.05) is 11.6 Å². The Hall–Kier alpha value is -2.07. The van der Waals surface area contributed by atoms with E-state index in [0.29, 0.717) is 16.1 Å². The molecule has 0 atom stereocenters. The van der Waals surface area contributed by atoms with Crippen molar-refractivity contribution in [2.45, 2.75) is 32.3 Å². The van der Waals surface area contributed by atoms with Gasteiger partial charge in [-0.3, -0.25) is 4.79 Å². The first-order valence-corrected chi connectivity index (χ1v) is 8.89. The third-order valence-electron chi connectivity index (χ3n) is 3.32. The Morgan fingerprint density at radius 2 is 2.04 bits per heavy atom. The molecule has 0 aliphatic heterocycles. The van der Waals surface area contributed by atoms with Crippen LogP contribution < -0.4 is 5.32 Å². The summed E-state index contributed by atoms with van der Waals surface area (Å²) in [5.74, 6) is 0.395. The van der Waals surface area contributed by atoms with E-state index in [4.69, 9.17) is 0 Å². The molecule has 3 rings (SSSR count). The summed E-state index contributed by atoms with van der Waals surface area (Å²) in [6.07, 6.45) is 2.11. The average molecular weight is 349 g/mol. The van der Waals surface area contributed by atoms with Gasteiger partial charge in [0.25, 0.3) is 5.78 Å². The second-order valence-corrected chi connectivity index (χ2v) is 6.88. The quantitative estimate of drug-likeness (QED) is 0.717. The Kier molecular flexibility index (Phi) is 4.26. The standard InChI is InChI=1S/C13H15N7OS2/c1-6-9(5-10(21)15-12-18-17-8(3)23-12)7(2)20-11(14-6)16-13(19-20)22-4/h5H2,1-4H3,(H,15,18,21). The number of thioether (sulfide) groups is 1. The summed E-state index contributed by atoms with van der Waals surface area (Å²) in [6.45, 7) is 5.63. The molecule has 1 amide bonds. The molecule has 3 aromatic heterocycles. The van der Waals surface area contributed by atoms with Gasteiger partial charge in [-0.2, -0.15) is 4.98 Å². The van der Waals surface area contributed by atoms with Crippen LogP contribution >= 0.6 is 23.1 Å². The lowest BCUT2D eigenvalue weighted by molar-refractivity contribution is -0.115. The zero-order valence-electron chi connectivity index (χ0n) is 13.1. The molecule has 0 spiro atoms. The Labute approximate surface area is 140 Å². The highest BCUT2D eigenvalue weighted by molar-refractivity contribution is 7.98. The fraction of sp³-hybridized carbons (Fsp3) is 0.385. The highest BCUT2D eigenvalue weighted by Gasteiger charge is 2.16. The monoisotopic (exact) mass is 349 g/mol. The molecule has 0 aromatic carbocycles. The first-order chi connectivity index (χ1) is 11.0. The molecule has 0 aliphatic rings. The Morgan fingerprint density at radius 3 is 2.70 bits per heavy atom. The molecule has 10 heteroatoms. The van der Waals surface area contributed by atoms with Gasteiger partial charge in [-0.25, -0.2) is 9.50 Å². The van der Waals surface area contributed by atoms with Gasteiger partial charge in [-0.1, -0.05) is 23.1 Å². The Balaban J connectivity index is 1.88. The molecule has 3 heterocycles. The van der Waals surface area contributed by atoms with E-state index >= 15 is 0 Å². The molecular formula is C13H15N7OS2. The Bertz CT molecular complexity index is 886. The first-order valence-electron chi connectivity index (χ1n) is 6.84. The predicted molar refractivity (Wildman–Crippen MR) is 89.0 cm³/mol. The van der Waals surface area contributed by atoms with Gasteiger partial charge in [-0.05, 0) is 27.0 Å². The fourth-order valence-electron chi connectivity index (χ4n) is 2.20. The normalized spacial score (nSPS) is 11.1. The summed E-state index contributed by atoms with van der Waals surface area (Å²) in [5.41, 5.74) is 2.48. The van der Waals surface area contributed by atoms with Crippen LogP contribution in [0, 0.1) is 20.8 Å². The summed E-state index contributed by atoms with van der Waals surface area (Å²) in [6, 6.07) is 0. The van der Waals surface area contributed by atoms with Crippen molar-refractivity contribution >= 4 is 39.9 Å². The van der Waals surface area contributed by atoms with E-state index in [0.717, 1.165) is 22.0 Å². The number of hydrogen-bond acceptors (Lipinski definition) is 8. The molecule has 120 valence electrons. The van der Waals surface area contributed by atoms with Gasteiger partial charge in [0, 0.05) is 17.0 Å². The Morgan fingerprint density at radius 1 is 1.26 bits per heavy atom. The molecule has 0 unspecified atom stereocenters. The van der Waals surface area contributed by atoms with Crippen molar-refractivity contribution in [3.8, 4) is 0 Å². The van der Waals surface area contributed by atoms with Crippen LogP contribution in [0.25, 0.3) is 5.78 Å². The largest absolute Gasteiger partial charge is 0.300 e. The number of hydrogen-bond donors (Lipinski definition) is 1. The van der Waals surface area contributed by atoms with Crippen LogP contribution in [-0.4, -0.2) is 41.9 Å². The number of amides is 1. The van der Waals surface area contributed by atoms with E-state index in [1.165, 1.54) is 23.1 Å². The van der Waals surface area contributed by atoms with Crippen molar-refractivity contribution in [2.24, 2.45) is 0 Å². The van der Waals surface area contributed by atoms with Gasteiger partial charge in [0.2, 0.25) is 16.2 Å². The van der Waals surface area contributed by atoms with Gasteiger partial charge in [0.15, 0.2) is 0 Å². The molecule has 0 saturated carbocycles. The summed E-state index contributed by atoms with van der Waals surface area (Å²) in [5, 5.41) is 16.9. The highest BCUT2D eigenvalue weighted by Crippen LogP contribution is 2.18. The minimum absolute atomic E-state index is 0.154. The van der Waals surface area contributed by atoms with Crippen LogP contribution in [-0.2, 0) is 11.2 Å². The second kappa shape index (κ2) is 6.20. The lowest BCUT2D eigenvalue weighted by Gasteiger charge is -2.09. The van der Waals surface area contributed by atoms with Crippen molar-refractivity contribution < 1.29 is 4.79 Å². The van der Waals surface area contributed by atoms with Gasteiger partial charge < -0.3 is 5.32 Å². The van der Waals surface area contributed by atoms with Gasteiger partial charge in [0.05, 0.1) is 6.42 Å². The maximum Gasteiger partial charge on any atom is 0.253 e. The van der Waals surface area contributed by atoms with Gasteiger partial charge in [-0.15, -0.1) is 15.3 Å². The molecule has 1 N–H and O–H groups in total. The lowest BCUT2D eigenvalue weighted by atomic mass is 10.1. The summed E-state index contributed by atoms with van der Waals surface area (Å²) >= 11 is 2.80. The number of aryl methyl sites for hydroxylation is 3. The maximum absolute atomic E-state index is 12.2. The number of aromatic nitrogens is 6. The van der Waals surface area contributed by atoms with Crippen LogP contribution in [0.5, 0.6) is 0 Å². The van der Waals surface area contributed by atoms with Crippen LogP contribution in [0.3, 0.4) is 0 Å². The van der Waals surface area contributed by atoms with Crippen molar-refractivity contribution in [3.63, 3.8) is 0 Å². The molecule has 8 nitrogen and oxygen atoms in total. The lowest BCUT2D eigenvalue weighted by Crippen LogP contribution is -2.17. The highest BCUT2D eigenvalue weighted by atomic mass is 32.2. The van der Waals surface area contributed by atoms with E-state index < -0.39 is 0 Å².